The Bertz CT molecular complexity index is 937. The van der Waals surface area contributed by atoms with Crippen LogP contribution in [0, 0.1) is 42.9 Å². The van der Waals surface area contributed by atoms with Crippen molar-refractivity contribution in [2.75, 3.05) is 5.73 Å². The summed E-state index contributed by atoms with van der Waals surface area (Å²) in [6.45, 7) is 2.77. The summed E-state index contributed by atoms with van der Waals surface area (Å²) < 4.78 is 68.8. The van der Waals surface area contributed by atoms with E-state index in [4.69, 9.17) is 5.73 Å². The van der Waals surface area contributed by atoms with Crippen molar-refractivity contribution in [1.82, 2.24) is 19.5 Å². The maximum Gasteiger partial charge on any atom is 0.200 e. The number of imidazole rings is 1. The molecule has 0 spiro atoms. The molecular weight excluding hydrogens is 321 g/mol. The number of anilines is 1. The predicted molar refractivity (Wildman–Crippen MR) is 70.3 cm³/mol. The zero-order valence-electron chi connectivity index (χ0n) is 11.8. The second-order valence-electron chi connectivity index (χ2n) is 4.74. The number of hydrogen-bond donors (Lipinski definition) is 1. The van der Waals surface area contributed by atoms with Gasteiger partial charge in [-0.25, -0.2) is 36.9 Å². The molecule has 0 fully saturated rings. The van der Waals surface area contributed by atoms with Gasteiger partial charge >= 0.3 is 0 Å². The molecule has 0 atom stereocenters. The Morgan fingerprint density at radius 2 is 1.30 bits per heavy atom. The lowest BCUT2D eigenvalue weighted by Crippen LogP contribution is -2.11. The van der Waals surface area contributed by atoms with Gasteiger partial charge in [-0.15, -0.1) is 0 Å². The standard InChI is InChI=1S/C13H8F5N5/c1-3-20-12(19)10-13(21-3)23(4(2)22-10)11-8(17)6(15)5(14)7(16)9(11)18/h1-2H3,(H2,19,20,21). The minimum absolute atomic E-state index is 0.00274. The van der Waals surface area contributed by atoms with Crippen LogP contribution in [-0.4, -0.2) is 19.5 Å². The van der Waals surface area contributed by atoms with Crippen LogP contribution in [0.2, 0.25) is 0 Å². The molecule has 0 amide bonds. The van der Waals surface area contributed by atoms with E-state index >= 15 is 0 Å². The lowest BCUT2D eigenvalue weighted by Gasteiger charge is -2.11. The Labute approximate surface area is 125 Å². The van der Waals surface area contributed by atoms with Gasteiger partial charge in [-0.1, -0.05) is 0 Å². The minimum Gasteiger partial charge on any atom is -0.382 e. The van der Waals surface area contributed by atoms with Gasteiger partial charge in [-0.05, 0) is 13.8 Å². The molecule has 10 heteroatoms. The number of hydrogen-bond acceptors (Lipinski definition) is 4. The average Bonchev–Trinajstić information content (AvgIpc) is 2.81. The van der Waals surface area contributed by atoms with E-state index in [-0.39, 0.29) is 28.6 Å². The SMILES string of the molecule is Cc1nc(N)c2nc(C)n(-c3c(F)c(F)c(F)c(F)c3F)c2n1. The Hall–Kier alpha value is -2.78. The largest absolute Gasteiger partial charge is 0.382 e. The fraction of sp³-hybridized carbons (Fsp3) is 0.154. The molecule has 0 unspecified atom stereocenters. The summed E-state index contributed by atoms with van der Waals surface area (Å²) in [4.78, 5) is 11.7. The van der Waals surface area contributed by atoms with Gasteiger partial charge in [0.1, 0.15) is 17.3 Å². The molecule has 2 N–H and O–H groups in total. The normalized spacial score (nSPS) is 11.4. The van der Waals surface area contributed by atoms with Gasteiger partial charge < -0.3 is 5.73 Å². The molecule has 0 saturated carbocycles. The number of rotatable bonds is 1. The fourth-order valence-corrected chi connectivity index (χ4v) is 2.26. The highest BCUT2D eigenvalue weighted by molar-refractivity contribution is 5.83. The average molecular weight is 329 g/mol. The molecule has 0 bridgehead atoms. The summed E-state index contributed by atoms with van der Waals surface area (Å²) in [5.74, 6) is -10.3. The van der Waals surface area contributed by atoms with Crippen LogP contribution in [0.25, 0.3) is 16.9 Å². The first-order valence-corrected chi connectivity index (χ1v) is 6.25. The van der Waals surface area contributed by atoms with Gasteiger partial charge in [0.25, 0.3) is 0 Å². The maximum atomic E-state index is 14.0. The zero-order chi connectivity index (χ0) is 17.0. The Balaban J connectivity index is 2.50. The first kappa shape index (κ1) is 15.1. The second-order valence-corrected chi connectivity index (χ2v) is 4.74. The molecule has 0 aliphatic carbocycles. The first-order chi connectivity index (χ1) is 10.7. The summed E-state index contributed by atoms with van der Waals surface area (Å²) in [6.07, 6.45) is 0. The van der Waals surface area contributed by atoms with Crippen LogP contribution in [0.1, 0.15) is 11.6 Å². The van der Waals surface area contributed by atoms with Crippen LogP contribution in [0.4, 0.5) is 27.8 Å². The highest BCUT2D eigenvalue weighted by Gasteiger charge is 2.29. The first-order valence-electron chi connectivity index (χ1n) is 6.25. The highest BCUT2D eigenvalue weighted by atomic mass is 19.2. The monoisotopic (exact) mass is 329 g/mol. The molecule has 0 radical (unpaired) electrons. The van der Waals surface area contributed by atoms with E-state index in [2.05, 4.69) is 15.0 Å². The molecule has 23 heavy (non-hydrogen) atoms. The van der Waals surface area contributed by atoms with Crippen molar-refractivity contribution in [2.45, 2.75) is 13.8 Å². The number of aromatic nitrogens is 4. The summed E-state index contributed by atoms with van der Waals surface area (Å²) in [5.41, 5.74) is 4.33. The van der Waals surface area contributed by atoms with Crippen molar-refractivity contribution in [2.24, 2.45) is 0 Å². The summed E-state index contributed by atoms with van der Waals surface area (Å²) in [7, 11) is 0. The molecule has 0 aliphatic heterocycles. The third-order valence-corrected chi connectivity index (χ3v) is 3.22. The molecule has 3 rings (SSSR count). The number of nitrogens with zero attached hydrogens (tertiary/aromatic N) is 4. The molecule has 3 aromatic rings. The van der Waals surface area contributed by atoms with Gasteiger partial charge in [0, 0.05) is 0 Å². The summed E-state index contributed by atoms with van der Waals surface area (Å²) in [5, 5.41) is 0. The summed E-state index contributed by atoms with van der Waals surface area (Å²) >= 11 is 0. The topological polar surface area (TPSA) is 69.6 Å². The Morgan fingerprint density at radius 1 is 0.783 bits per heavy atom. The number of nitrogens with two attached hydrogens (primary N) is 1. The summed E-state index contributed by atoms with van der Waals surface area (Å²) in [6, 6.07) is 0. The number of halogens is 5. The van der Waals surface area contributed by atoms with Gasteiger partial charge in [-0.2, -0.15) is 0 Å². The van der Waals surface area contributed by atoms with Gasteiger partial charge in [0.2, 0.25) is 5.82 Å². The molecule has 0 saturated heterocycles. The third kappa shape index (κ3) is 2.01. The lowest BCUT2D eigenvalue weighted by molar-refractivity contribution is 0.375. The van der Waals surface area contributed by atoms with Crippen molar-refractivity contribution < 1.29 is 22.0 Å². The van der Waals surface area contributed by atoms with Crippen LogP contribution < -0.4 is 5.73 Å². The van der Waals surface area contributed by atoms with Gasteiger partial charge in [0.15, 0.2) is 40.3 Å². The van der Waals surface area contributed by atoms with Crippen molar-refractivity contribution in [3.05, 3.63) is 40.7 Å². The molecule has 0 aliphatic rings. The van der Waals surface area contributed by atoms with E-state index in [9.17, 15) is 22.0 Å². The predicted octanol–water partition coefficient (Wildman–Crippen LogP) is 2.71. The Morgan fingerprint density at radius 3 is 1.87 bits per heavy atom. The van der Waals surface area contributed by atoms with E-state index in [0.29, 0.717) is 0 Å². The van der Waals surface area contributed by atoms with Gasteiger partial charge in [-0.3, -0.25) is 4.57 Å². The van der Waals surface area contributed by atoms with Crippen molar-refractivity contribution in [3.63, 3.8) is 0 Å². The van der Waals surface area contributed by atoms with E-state index in [1.165, 1.54) is 13.8 Å². The fourth-order valence-electron chi connectivity index (χ4n) is 2.26. The van der Waals surface area contributed by atoms with Crippen LogP contribution in [0.3, 0.4) is 0 Å². The van der Waals surface area contributed by atoms with Crippen LogP contribution in [-0.2, 0) is 0 Å². The van der Waals surface area contributed by atoms with E-state index < -0.39 is 34.8 Å². The molecule has 120 valence electrons. The van der Waals surface area contributed by atoms with E-state index in [0.717, 1.165) is 4.57 Å². The number of benzene rings is 1. The van der Waals surface area contributed by atoms with Crippen LogP contribution >= 0.6 is 0 Å². The van der Waals surface area contributed by atoms with Crippen LogP contribution in [0.5, 0.6) is 0 Å². The molecular formula is C13H8F5N5. The van der Waals surface area contributed by atoms with Crippen LogP contribution in [0.15, 0.2) is 0 Å². The van der Waals surface area contributed by atoms with Gasteiger partial charge in [0.05, 0.1) is 0 Å². The molecule has 1 aromatic carbocycles. The lowest BCUT2D eigenvalue weighted by atomic mass is 10.2. The smallest absolute Gasteiger partial charge is 0.200 e. The van der Waals surface area contributed by atoms with Crippen molar-refractivity contribution >= 4 is 17.0 Å². The van der Waals surface area contributed by atoms with Crippen molar-refractivity contribution in [1.29, 1.82) is 0 Å². The van der Waals surface area contributed by atoms with E-state index in [1.807, 2.05) is 0 Å². The molecule has 2 heterocycles. The zero-order valence-corrected chi connectivity index (χ0v) is 11.8. The minimum atomic E-state index is -2.24. The highest BCUT2D eigenvalue weighted by Crippen LogP contribution is 2.30. The van der Waals surface area contributed by atoms with Crippen molar-refractivity contribution in [3.8, 4) is 5.69 Å². The Kier molecular flexibility index (Phi) is 3.20. The quantitative estimate of drug-likeness (QED) is 0.423. The molecule has 2 aromatic heterocycles. The number of nitrogen functional groups attached to an aromatic ring is 1. The molecule has 5 nitrogen and oxygen atoms in total. The second kappa shape index (κ2) is 4.86. The number of fused-ring (bicyclic) bond motifs is 1. The maximum absolute atomic E-state index is 14.0. The third-order valence-electron chi connectivity index (χ3n) is 3.22. The van der Waals surface area contributed by atoms with E-state index in [1.54, 1.807) is 0 Å². The number of aryl methyl sites for hydroxylation is 2.